The van der Waals surface area contributed by atoms with Crippen LogP contribution in [0.4, 0.5) is 0 Å². The Morgan fingerprint density at radius 2 is 2.00 bits per heavy atom. The number of benzene rings is 1. The van der Waals surface area contributed by atoms with Gasteiger partial charge in [0.25, 0.3) is 0 Å². The fourth-order valence-electron chi connectivity index (χ4n) is 3.00. The minimum absolute atomic E-state index is 0.469. The van der Waals surface area contributed by atoms with Crippen molar-refractivity contribution in [1.82, 2.24) is 5.32 Å². The Morgan fingerprint density at radius 3 is 2.63 bits per heavy atom. The van der Waals surface area contributed by atoms with Crippen LogP contribution in [-0.2, 0) is 6.42 Å². The summed E-state index contributed by atoms with van der Waals surface area (Å²) in [6.07, 6.45) is 8.83. The lowest BCUT2D eigenvalue weighted by molar-refractivity contribution is 0.353. The topological polar surface area (TPSA) is 12.0 Å². The predicted molar refractivity (Wildman–Crippen MR) is 86.9 cm³/mol. The maximum atomic E-state index is 3.82. The van der Waals surface area contributed by atoms with Crippen molar-refractivity contribution in [2.45, 2.75) is 63.3 Å². The van der Waals surface area contributed by atoms with Gasteiger partial charge in [-0.1, -0.05) is 37.6 Å². The summed E-state index contributed by atoms with van der Waals surface area (Å²) in [5, 5.41) is 4.69. The minimum atomic E-state index is 0.469. The summed E-state index contributed by atoms with van der Waals surface area (Å²) in [4.78, 5) is 0. The molecular weight excluding hydrogens is 250 g/mol. The fourth-order valence-corrected chi connectivity index (χ4v) is 3.83. The average Bonchev–Trinajstić information content (AvgIpc) is 2.47. The Morgan fingerprint density at radius 1 is 1.26 bits per heavy atom. The smallest absolute Gasteiger partial charge is 0.0294 e. The van der Waals surface area contributed by atoms with Gasteiger partial charge < -0.3 is 5.32 Å². The van der Waals surface area contributed by atoms with Gasteiger partial charge in [0, 0.05) is 17.3 Å². The molecule has 1 nitrogen and oxygen atoms in total. The van der Waals surface area contributed by atoms with Gasteiger partial charge in [-0.2, -0.15) is 11.8 Å². The van der Waals surface area contributed by atoms with Gasteiger partial charge in [0.05, 0.1) is 0 Å². The van der Waals surface area contributed by atoms with Gasteiger partial charge in [-0.25, -0.2) is 0 Å². The van der Waals surface area contributed by atoms with Crippen LogP contribution in [-0.4, -0.2) is 17.5 Å². The summed E-state index contributed by atoms with van der Waals surface area (Å²) in [5.41, 5.74) is 2.85. The van der Waals surface area contributed by atoms with E-state index in [1.165, 1.54) is 36.8 Å². The SMILES string of the molecule is CCc1ccc(C(C)NC2CCCC(SC)C2)cc1. The molecule has 3 unspecified atom stereocenters. The Bertz CT molecular complexity index is 373. The van der Waals surface area contributed by atoms with Crippen molar-refractivity contribution in [2.75, 3.05) is 6.26 Å². The molecule has 2 rings (SSSR count). The Labute approximate surface area is 122 Å². The van der Waals surface area contributed by atoms with E-state index < -0.39 is 0 Å². The minimum Gasteiger partial charge on any atom is -0.307 e. The van der Waals surface area contributed by atoms with Crippen molar-refractivity contribution in [1.29, 1.82) is 0 Å². The fraction of sp³-hybridized carbons (Fsp3) is 0.647. The summed E-state index contributed by atoms with van der Waals surface area (Å²) < 4.78 is 0. The molecule has 0 radical (unpaired) electrons. The normalized spacial score (nSPS) is 25.2. The molecule has 1 fully saturated rings. The lowest BCUT2D eigenvalue weighted by atomic mass is 9.93. The molecule has 3 atom stereocenters. The van der Waals surface area contributed by atoms with Gasteiger partial charge in [0.2, 0.25) is 0 Å². The van der Waals surface area contributed by atoms with Gasteiger partial charge in [0.15, 0.2) is 0 Å². The highest BCUT2D eigenvalue weighted by Crippen LogP contribution is 2.28. The molecule has 1 aromatic rings. The van der Waals surface area contributed by atoms with Gasteiger partial charge in [-0.05, 0) is 50.0 Å². The van der Waals surface area contributed by atoms with Gasteiger partial charge in [-0.15, -0.1) is 0 Å². The van der Waals surface area contributed by atoms with E-state index in [1.54, 1.807) is 0 Å². The highest BCUT2D eigenvalue weighted by Gasteiger charge is 2.22. The van der Waals surface area contributed by atoms with E-state index >= 15 is 0 Å². The number of nitrogens with one attached hydrogen (secondary N) is 1. The van der Waals surface area contributed by atoms with Crippen molar-refractivity contribution in [2.24, 2.45) is 0 Å². The maximum Gasteiger partial charge on any atom is 0.0294 e. The molecule has 106 valence electrons. The third-order valence-electron chi connectivity index (χ3n) is 4.33. The highest BCUT2D eigenvalue weighted by atomic mass is 32.2. The Balaban J connectivity index is 1.90. The first kappa shape index (κ1) is 14.9. The van der Waals surface area contributed by atoms with Crippen LogP contribution in [0.15, 0.2) is 24.3 Å². The molecule has 19 heavy (non-hydrogen) atoms. The molecule has 0 aromatic heterocycles. The third-order valence-corrected chi connectivity index (χ3v) is 5.43. The zero-order valence-electron chi connectivity index (χ0n) is 12.5. The Hall–Kier alpha value is -0.470. The molecule has 1 saturated carbocycles. The van der Waals surface area contributed by atoms with Crippen LogP contribution in [0, 0.1) is 0 Å². The number of aryl methyl sites for hydroxylation is 1. The molecule has 0 bridgehead atoms. The number of thioether (sulfide) groups is 1. The summed E-state index contributed by atoms with van der Waals surface area (Å²) in [6.45, 7) is 4.50. The molecule has 0 aliphatic heterocycles. The first-order valence-corrected chi connectivity index (χ1v) is 8.89. The second-order valence-corrected chi connectivity index (χ2v) is 6.84. The zero-order chi connectivity index (χ0) is 13.7. The van der Waals surface area contributed by atoms with Crippen molar-refractivity contribution in [3.05, 3.63) is 35.4 Å². The molecule has 0 saturated heterocycles. The summed E-state index contributed by atoms with van der Waals surface area (Å²) >= 11 is 2.04. The summed E-state index contributed by atoms with van der Waals surface area (Å²) in [7, 11) is 0. The highest BCUT2D eigenvalue weighted by molar-refractivity contribution is 7.99. The molecule has 1 aromatic carbocycles. The van der Waals surface area contributed by atoms with Crippen molar-refractivity contribution >= 4 is 11.8 Å². The molecule has 0 spiro atoms. The van der Waals surface area contributed by atoms with Gasteiger partial charge in [-0.3, -0.25) is 0 Å². The quantitative estimate of drug-likeness (QED) is 0.846. The van der Waals surface area contributed by atoms with Gasteiger partial charge >= 0.3 is 0 Å². The van der Waals surface area contributed by atoms with E-state index in [-0.39, 0.29) is 0 Å². The van der Waals surface area contributed by atoms with E-state index in [0.717, 1.165) is 11.7 Å². The van der Waals surface area contributed by atoms with Crippen molar-refractivity contribution < 1.29 is 0 Å². The average molecular weight is 277 g/mol. The second-order valence-electron chi connectivity index (χ2n) is 5.70. The second kappa shape index (κ2) is 7.35. The van der Waals surface area contributed by atoms with Gasteiger partial charge in [0.1, 0.15) is 0 Å². The molecule has 0 amide bonds. The van der Waals surface area contributed by atoms with Crippen LogP contribution in [0.3, 0.4) is 0 Å². The van der Waals surface area contributed by atoms with Crippen LogP contribution in [0.1, 0.15) is 56.7 Å². The largest absolute Gasteiger partial charge is 0.307 e. The molecule has 1 aliphatic rings. The van der Waals surface area contributed by atoms with E-state index in [1.807, 2.05) is 11.8 Å². The standard InChI is InChI=1S/C17H27NS/c1-4-14-8-10-15(11-9-14)13(2)18-16-6-5-7-17(12-16)19-3/h8-11,13,16-18H,4-7,12H2,1-3H3. The predicted octanol–water partition coefficient (Wildman–Crippen LogP) is 4.57. The molecular formula is C17H27NS. The number of hydrogen-bond acceptors (Lipinski definition) is 2. The maximum absolute atomic E-state index is 3.82. The summed E-state index contributed by atoms with van der Waals surface area (Å²) in [5.74, 6) is 0. The van der Waals surface area contributed by atoms with Crippen LogP contribution >= 0.6 is 11.8 Å². The van der Waals surface area contributed by atoms with E-state index in [0.29, 0.717) is 12.1 Å². The first-order valence-electron chi connectivity index (χ1n) is 7.60. The molecule has 2 heteroatoms. The number of hydrogen-bond donors (Lipinski definition) is 1. The van der Waals surface area contributed by atoms with Crippen molar-refractivity contribution in [3.8, 4) is 0 Å². The van der Waals surface area contributed by atoms with E-state index in [9.17, 15) is 0 Å². The van der Waals surface area contributed by atoms with Crippen LogP contribution < -0.4 is 5.32 Å². The van der Waals surface area contributed by atoms with Crippen LogP contribution in [0.2, 0.25) is 0 Å². The molecule has 1 aliphatic carbocycles. The first-order chi connectivity index (χ1) is 9.22. The number of rotatable bonds is 5. The van der Waals surface area contributed by atoms with Crippen molar-refractivity contribution in [3.63, 3.8) is 0 Å². The Kier molecular flexibility index (Phi) is 5.77. The van der Waals surface area contributed by atoms with E-state index in [4.69, 9.17) is 0 Å². The monoisotopic (exact) mass is 277 g/mol. The zero-order valence-corrected chi connectivity index (χ0v) is 13.3. The molecule has 1 N–H and O–H groups in total. The van der Waals surface area contributed by atoms with Crippen LogP contribution in [0.5, 0.6) is 0 Å². The molecule has 0 heterocycles. The van der Waals surface area contributed by atoms with Crippen LogP contribution in [0.25, 0.3) is 0 Å². The lowest BCUT2D eigenvalue weighted by Gasteiger charge is -2.31. The third kappa shape index (κ3) is 4.25. The lowest BCUT2D eigenvalue weighted by Crippen LogP contribution is -2.36. The summed E-state index contributed by atoms with van der Waals surface area (Å²) in [6, 6.07) is 10.3. The van der Waals surface area contributed by atoms with E-state index in [2.05, 4.69) is 49.7 Å².